The van der Waals surface area contributed by atoms with Gasteiger partial charge in [-0.1, -0.05) is 39.8 Å². The van der Waals surface area contributed by atoms with E-state index >= 15 is 0 Å². The summed E-state index contributed by atoms with van der Waals surface area (Å²) in [7, 11) is 1.72. The fourth-order valence-corrected chi connectivity index (χ4v) is 3.81. The normalized spacial score (nSPS) is 12.8. The van der Waals surface area contributed by atoms with Gasteiger partial charge in [-0.25, -0.2) is 13.4 Å². The van der Waals surface area contributed by atoms with E-state index in [1.807, 2.05) is 58.8 Å². The van der Waals surface area contributed by atoms with Gasteiger partial charge in [0.15, 0.2) is 0 Å². The lowest BCUT2D eigenvalue weighted by atomic mass is 9.92. The van der Waals surface area contributed by atoms with Crippen molar-refractivity contribution in [3.05, 3.63) is 58.9 Å². The molecule has 0 saturated carbocycles. The van der Waals surface area contributed by atoms with E-state index in [0.29, 0.717) is 21.7 Å². The Bertz CT molecular complexity index is 918. The van der Waals surface area contributed by atoms with E-state index in [0.717, 1.165) is 12.1 Å². The second kappa shape index (κ2) is 9.98. The highest BCUT2D eigenvalue weighted by atomic mass is 32.2. The number of nitrogens with one attached hydrogen (secondary N) is 1. The molecule has 0 heterocycles. The molecule has 5 nitrogen and oxygen atoms in total. The smallest absolute Gasteiger partial charge is 0.305 e. The molecule has 0 aromatic heterocycles. The molecule has 29 heavy (non-hydrogen) atoms. The average Bonchev–Trinajstić information content (AvgIpc) is 2.62. The van der Waals surface area contributed by atoms with Gasteiger partial charge < -0.3 is 10.2 Å². The Morgan fingerprint density at radius 2 is 1.59 bits per heavy atom. The maximum Gasteiger partial charge on any atom is 0.353 e. The zero-order valence-electron chi connectivity index (χ0n) is 17.9. The number of halogens is 1. The quantitative estimate of drug-likeness (QED) is 0.617. The van der Waals surface area contributed by atoms with Gasteiger partial charge >= 0.3 is 6.03 Å². The van der Waals surface area contributed by atoms with Crippen LogP contribution in [-0.4, -0.2) is 29.2 Å². The number of carbonyl (C=O) groups excluding carboxylic acids is 1. The first kappa shape index (κ1) is 23.0. The topological polar surface area (TPSA) is 61.8 Å². The summed E-state index contributed by atoms with van der Waals surface area (Å²) in [6, 6.07) is 9.37. The highest BCUT2D eigenvalue weighted by Crippen LogP contribution is 2.33. The molecule has 0 radical (unpaired) electrons. The molecule has 1 atom stereocenters. The van der Waals surface area contributed by atoms with Gasteiger partial charge in [-0.05, 0) is 66.9 Å². The van der Waals surface area contributed by atoms with Crippen LogP contribution in [-0.2, 0) is 17.1 Å². The molecule has 0 fully saturated rings. The molecule has 2 aromatic carbocycles. The van der Waals surface area contributed by atoms with Crippen LogP contribution in [0, 0.1) is 5.82 Å². The second-order valence-corrected chi connectivity index (χ2v) is 9.24. The van der Waals surface area contributed by atoms with Crippen molar-refractivity contribution in [3.8, 4) is 0 Å². The van der Waals surface area contributed by atoms with E-state index in [1.54, 1.807) is 12.1 Å². The number of anilines is 1. The molecule has 2 rings (SSSR count). The average molecular weight is 420 g/mol. The summed E-state index contributed by atoms with van der Waals surface area (Å²) in [6.45, 7) is 8.50. The van der Waals surface area contributed by atoms with Crippen LogP contribution in [0.3, 0.4) is 0 Å². The summed E-state index contributed by atoms with van der Waals surface area (Å²) in [6.07, 6.45) is 0. The standard InChI is InChI=1S/C22H30FN3O2S/c1-14(2)19-11-17(23)12-20(15(3)4)21(19)24-22(27)25-29(28)18-9-7-16(8-10-18)13-26(5)6/h7-12,14-15,29H,13H2,1-6H3,(H,24,27). The highest BCUT2D eigenvalue weighted by Gasteiger charge is 2.18. The van der Waals surface area contributed by atoms with E-state index in [4.69, 9.17) is 0 Å². The van der Waals surface area contributed by atoms with Crippen LogP contribution < -0.4 is 5.32 Å². The Labute approximate surface area is 174 Å². The fraction of sp³-hybridized carbons (Fsp3) is 0.409. The van der Waals surface area contributed by atoms with Crippen LogP contribution in [0.1, 0.15) is 56.2 Å². The summed E-state index contributed by atoms with van der Waals surface area (Å²) in [4.78, 5) is 15.0. The molecule has 0 saturated heterocycles. The third kappa shape index (κ3) is 6.37. The highest BCUT2D eigenvalue weighted by molar-refractivity contribution is 7.75. The van der Waals surface area contributed by atoms with E-state index in [9.17, 15) is 13.4 Å². The number of urea groups is 1. The summed E-state index contributed by atoms with van der Waals surface area (Å²) in [5, 5.41) is 2.74. The Hall–Kier alpha value is -2.25. The Kier molecular flexibility index (Phi) is 7.93. The lowest BCUT2D eigenvalue weighted by molar-refractivity contribution is 0.260. The van der Waals surface area contributed by atoms with Gasteiger partial charge in [-0.15, -0.1) is 4.36 Å². The number of carbonyl (C=O) groups is 1. The molecular weight excluding hydrogens is 389 g/mol. The van der Waals surface area contributed by atoms with Gasteiger partial charge in [0.2, 0.25) is 0 Å². The molecule has 0 aliphatic rings. The van der Waals surface area contributed by atoms with Crippen molar-refractivity contribution >= 4 is 22.3 Å². The van der Waals surface area contributed by atoms with Gasteiger partial charge in [-0.3, -0.25) is 0 Å². The first-order valence-corrected chi connectivity index (χ1v) is 10.9. The summed E-state index contributed by atoms with van der Waals surface area (Å²) in [5.41, 5.74) is 3.02. The minimum Gasteiger partial charge on any atom is -0.305 e. The number of hydrogen-bond acceptors (Lipinski definition) is 3. The SMILES string of the molecule is CC(C)c1cc(F)cc(C(C)C)c1NC(=O)/N=[SH](=O)/c1ccc(CN(C)C)cc1. The van der Waals surface area contributed by atoms with Crippen molar-refractivity contribution in [3.63, 3.8) is 0 Å². The maximum absolute atomic E-state index is 14.0. The van der Waals surface area contributed by atoms with Gasteiger partial charge in [0.25, 0.3) is 0 Å². The number of nitrogens with zero attached hydrogens (tertiary/aromatic N) is 2. The lowest BCUT2D eigenvalue weighted by Crippen LogP contribution is -2.13. The molecular formula is C22H30FN3O2S. The monoisotopic (exact) mass is 419 g/mol. The minimum absolute atomic E-state index is 0.0107. The Morgan fingerprint density at radius 1 is 1.07 bits per heavy atom. The summed E-state index contributed by atoms with van der Waals surface area (Å²) >= 11 is 0. The third-order valence-electron chi connectivity index (χ3n) is 4.48. The number of thiol groups is 1. The Morgan fingerprint density at radius 3 is 2.03 bits per heavy atom. The van der Waals surface area contributed by atoms with Crippen molar-refractivity contribution in [2.75, 3.05) is 19.4 Å². The molecule has 2 amide bonds. The van der Waals surface area contributed by atoms with Gasteiger partial charge in [-0.2, -0.15) is 0 Å². The molecule has 0 spiro atoms. The van der Waals surface area contributed by atoms with Crippen LogP contribution in [0.15, 0.2) is 45.7 Å². The molecule has 0 aliphatic heterocycles. The van der Waals surface area contributed by atoms with Crippen molar-refractivity contribution < 1.29 is 13.4 Å². The molecule has 0 aliphatic carbocycles. The van der Waals surface area contributed by atoms with E-state index in [-0.39, 0.29) is 17.7 Å². The van der Waals surface area contributed by atoms with Crippen LogP contribution in [0.4, 0.5) is 14.9 Å². The second-order valence-electron chi connectivity index (χ2n) is 7.98. The van der Waals surface area contributed by atoms with Crippen LogP contribution in [0.25, 0.3) is 0 Å². The number of amides is 2. The van der Waals surface area contributed by atoms with Crippen molar-refractivity contribution in [1.82, 2.24) is 4.90 Å². The maximum atomic E-state index is 14.0. The van der Waals surface area contributed by atoms with E-state index < -0.39 is 16.6 Å². The fourth-order valence-electron chi connectivity index (χ4n) is 3.07. The van der Waals surface area contributed by atoms with Gasteiger partial charge in [0.05, 0.1) is 10.6 Å². The van der Waals surface area contributed by atoms with Crippen molar-refractivity contribution in [2.45, 2.75) is 51.0 Å². The molecule has 7 heteroatoms. The summed E-state index contributed by atoms with van der Waals surface area (Å²) in [5.74, 6) is -0.316. The first-order valence-electron chi connectivity index (χ1n) is 9.65. The first-order chi connectivity index (χ1) is 13.6. The largest absolute Gasteiger partial charge is 0.353 e. The molecule has 1 unspecified atom stereocenters. The van der Waals surface area contributed by atoms with Crippen molar-refractivity contribution in [1.29, 1.82) is 0 Å². The van der Waals surface area contributed by atoms with Crippen LogP contribution >= 0.6 is 0 Å². The lowest BCUT2D eigenvalue weighted by Gasteiger charge is -2.19. The Balaban J connectivity index is 2.29. The third-order valence-corrected chi connectivity index (χ3v) is 5.58. The number of benzene rings is 2. The minimum atomic E-state index is -2.22. The zero-order chi connectivity index (χ0) is 21.7. The summed E-state index contributed by atoms with van der Waals surface area (Å²) < 4.78 is 30.4. The van der Waals surface area contributed by atoms with Crippen LogP contribution in [0.2, 0.25) is 0 Å². The van der Waals surface area contributed by atoms with E-state index in [2.05, 4.69) is 9.68 Å². The predicted molar refractivity (Wildman–Crippen MR) is 118 cm³/mol. The predicted octanol–water partition coefficient (Wildman–Crippen LogP) is 5.39. The zero-order valence-corrected chi connectivity index (χ0v) is 18.8. The van der Waals surface area contributed by atoms with Gasteiger partial charge in [0.1, 0.15) is 5.82 Å². The number of rotatable bonds is 6. The van der Waals surface area contributed by atoms with Crippen LogP contribution in [0.5, 0.6) is 0 Å². The molecule has 1 N–H and O–H groups in total. The molecule has 158 valence electrons. The number of hydrogen-bond donors (Lipinski definition) is 2. The molecule has 2 aromatic rings. The molecule has 0 bridgehead atoms. The van der Waals surface area contributed by atoms with Crippen molar-refractivity contribution in [2.24, 2.45) is 4.36 Å². The van der Waals surface area contributed by atoms with Gasteiger partial charge in [0, 0.05) is 17.1 Å². The van der Waals surface area contributed by atoms with E-state index in [1.165, 1.54) is 12.1 Å².